The summed E-state index contributed by atoms with van der Waals surface area (Å²) in [4.78, 5) is 16.6. The maximum atomic E-state index is 11.5. The topological polar surface area (TPSA) is 28.5 Å². The number of aryl methyl sites for hydroxylation is 1. The Labute approximate surface area is 272 Å². The van der Waals surface area contributed by atoms with E-state index < -0.39 is 0 Å². The summed E-state index contributed by atoms with van der Waals surface area (Å²) in [5, 5.41) is 0. The van der Waals surface area contributed by atoms with Crippen LogP contribution in [-0.2, 0) is 13.0 Å². The lowest BCUT2D eigenvalue weighted by molar-refractivity contribution is 0.0905. The number of rotatable bonds is 10. The maximum Gasteiger partial charge on any atom is 0.152 e. The molecule has 0 radical (unpaired) electrons. The fourth-order valence-electron chi connectivity index (χ4n) is 5.71. The van der Waals surface area contributed by atoms with Gasteiger partial charge in [-0.1, -0.05) is 114 Å². The van der Waals surface area contributed by atoms with E-state index in [0.29, 0.717) is 11.6 Å². The summed E-state index contributed by atoms with van der Waals surface area (Å²) < 4.78 is 3.09. The van der Waals surface area contributed by atoms with Gasteiger partial charge in [0.15, 0.2) is 6.29 Å². The first-order valence-corrected chi connectivity index (χ1v) is 16.1. The zero-order valence-electron chi connectivity index (χ0n) is 26.2. The first kappa shape index (κ1) is 33.1. The van der Waals surface area contributed by atoms with E-state index in [0.717, 1.165) is 72.4 Å². The van der Waals surface area contributed by atoms with Gasteiger partial charge in [0.05, 0.1) is 5.69 Å². The Balaban J connectivity index is 0.000000201. The Kier molecular flexibility index (Phi) is 12.7. The molecule has 0 aliphatic carbocycles. The number of piperazine rings is 1. The molecule has 44 heavy (non-hydrogen) atoms. The Bertz CT molecular complexity index is 1560. The first-order chi connectivity index (χ1) is 21.4. The van der Waals surface area contributed by atoms with E-state index in [-0.39, 0.29) is 0 Å². The van der Waals surface area contributed by atoms with Crippen LogP contribution in [0.1, 0.15) is 46.2 Å². The van der Waals surface area contributed by atoms with Crippen LogP contribution < -0.4 is 0 Å². The molecule has 2 heterocycles. The number of carbonyl (C=O) groups excluding carboxylic acids is 1. The summed E-state index contributed by atoms with van der Waals surface area (Å²) in [7, 11) is 2.26. The minimum absolute atomic E-state index is 0.616. The molecule has 0 amide bonds. The highest BCUT2D eigenvalue weighted by molar-refractivity contribution is 9.10. The fraction of sp³-hybridized carbons (Fsp3) is 0.256. The van der Waals surface area contributed by atoms with E-state index in [1.807, 2.05) is 50.3 Å². The normalized spacial score (nSPS) is 16.0. The lowest BCUT2D eigenvalue weighted by atomic mass is 10.0. The maximum absolute atomic E-state index is 11.5. The van der Waals surface area contributed by atoms with Gasteiger partial charge in [0.1, 0.15) is 0 Å². The summed E-state index contributed by atoms with van der Waals surface area (Å²) in [5.41, 5.74) is 7.40. The molecule has 3 aromatic carbocycles. The van der Waals surface area contributed by atoms with Crippen LogP contribution in [0.2, 0.25) is 0 Å². The SMILES string of the molecule is C=C/C(=C/C/C=C\C)c1c(C=O)cc(C)n1-c1cccc(Br)c1.CN1CCN(Cc2ccccc2)C[C@H]1Cc1ccccc1. The summed E-state index contributed by atoms with van der Waals surface area (Å²) in [5.74, 6) is 0. The number of allylic oxidation sites excluding steroid dienone is 5. The number of benzene rings is 3. The second kappa shape index (κ2) is 16.9. The predicted molar refractivity (Wildman–Crippen MR) is 189 cm³/mol. The highest BCUT2D eigenvalue weighted by Gasteiger charge is 2.24. The third-order valence-corrected chi connectivity index (χ3v) is 8.53. The standard InChI is InChI=1S/C20H20BrNO.C19H24N2/c1-4-6-7-9-16(5-2)20-17(14-23)12-15(3)22(20)19-11-8-10-18(21)13-19;1-20-12-13-21(15-18-10-6-3-7-11-18)16-19(20)14-17-8-4-2-5-9-17/h4-6,8-14H,2,7H2,1,3H3;2-11,19H,12-16H2,1H3/b6-4-,16-9-;/t;19-/m.1/s1. The number of hydrogen-bond donors (Lipinski definition) is 0. The van der Waals surface area contributed by atoms with E-state index in [9.17, 15) is 4.79 Å². The predicted octanol–water partition coefficient (Wildman–Crippen LogP) is 8.94. The summed E-state index contributed by atoms with van der Waals surface area (Å²) in [6, 6.07) is 32.2. The summed E-state index contributed by atoms with van der Waals surface area (Å²) in [6.07, 6.45) is 10.8. The lowest BCUT2D eigenvalue weighted by Gasteiger charge is -2.39. The molecule has 5 heteroatoms. The zero-order chi connectivity index (χ0) is 31.3. The number of halogens is 1. The van der Waals surface area contributed by atoms with Crippen molar-refractivity contribution >= 4 is 27.8 Å². The number of aldehydes is 1. The van der Waals surface area contributed by atoms with Gasteiger partial charge >= 0.3 is 0 Å². The Morgan fingerprint density at radius 3 is 2.30 bits per heavy atom. The van der Waals surface area contributed by atoms with E-state index in [1.165, 1.54) is 11.1 Å². The van der Waals surface area contributed by atoms with E-state index in [4.69, 9.17) is 0 Å². The molecule has 1 saturated heterocycles. The molecule has 1 fully saturated rings. The molecule has 1 aromatic heterocycles. The van der Waals surface area contributed by atoms with Crippen LogP contribution in [0.15, 0.2) is 126 Å². The molecular weight excluding hydrogens is 606 g/mol. The second-order valence-electron chi connectivity index (χ2n) is 11.2. The molecule has 0 bridgehead atoms. The van der Waals surface area contributed by atoms with Gasteiger partial charge in [-0.3, -0.25) is 9.69 Å². The van der Waals surface area contributed by atoms with Crippen molar-refractivity contribution < 1.29 is 4.79 Å². The van der Waals surface area contributed by atoms with Crippen LogP contribution in [0.5, 0.6) is 0 Å². The van der Waals surface area contributed by atoms with Gasteiger partial charge in [0.25, 0.3) is 0 Å². The van der Waals surface area contributed by atoms with E-state index in [1.54, 1.807) is 6.08 Å². The van der Waals surface area contributed by atoms with E-state index >= 15 is 0 Å². The van der Waals surface area contributed by atoms with Gasteiger partial charge in [-0.2, -0.15) is 0 Å². The molecular formula is C39H44BrN3O. The van der Waals surface area contributed by atoms with Crippen LogP contribution in [0.3, 0.4) is 0 Å². The Hall–Kier alpha value is -3.77. The molecule has 4 aromatic rings. The molecule has 5 rings (SSSR count). The van der Waals surface area contributed by atoms with Crippen LogP contribution >= 0.6 is 15.9 Å². The highest BCUT2D eigenvalue weighted by Crippen LogP contribution is 2.29. The van der Waals surface area contributed by atoms with Crippen molar-refractivity contribution in [3.63, 3.8) is 0 Å². The third-order valence-electron chi connectivity index (χ3n) is 8.03. The minimum Gasteiger partial charge on any atom is -0.313 e. The molecule has 228 valence electrons. The smallest absolute Gasteiger partial charge is 0.152 e. The second-order valence-corrected chi connectivity index (χ2v) is 12.2. The first-order valence-electron chi connectivity index (χ1n) is 15.3. The monoisotopic (exact) mass is 649 g/mol. The minimum atomic E-state index is 0.616. The number of likely N-dealkylation sites (N-methyl/N-ethyl adjacent to an activating group) is 1. The molecule has 1 aliphatic heterocycles. The number of carbonyl (C=O) groups is 1. The number of nitrogens with zero attached hydrogens (tertiary/aromatic N) is 3. The number of aromatic nitrogens is 1. The van der Waals surface area contributed by atoms with Crippen molar-refractivity contribution in [3.05, 3.63) is 154 Å². The Morgan fingerprint density at radius 1 is 0.955 bits per heavy atom. The van der Waals surface area contributed by atoms with Gasteiger partial charge in [-0.25, -0.2) is 0 Å². The number of hydrogen-bond acceptors (Lipinski definition) is 3. The summed E-state index contributed by atoms with van der Waals surface area (Å²) >= 11 is 3.51. The van der Waals surface area contributed by atoms with Gasteiger partial charge in [-0.15, -0.1) is 0 Å². The van der Waals surface area contributed by atoms with Crippen molar-refractivity contribution in [2.75, 3.05) is 26.7 Å². The van der Waals surface area contributed by atoms with Crippen molar-refractivity contribution in [2.24, 2.45) is 0 Å². The van der Waals surface area contributed by atoms with Crippen molar-refractivity contribution in [3.8, 4) is 5.69 Å². The van der Waals surface area contributed by atoms with Gasteiger partial charge in [0.2, 0.25) is 0 Å². The molecule has 1 aliphatic rings. The van der Waals surface area contributed by atoms with Crippen molar-refractivity contribution in [1.82, 2.24) is 14.4 Å². The molecule has 0 N–H and O–H groups in total. The van der Waals surface area contributed by atoms with Crippen LogP contribution in [0, 0.1) is 6.92 Å². The average Bonchev–Trinajstić information content (AvgIpc) is 3.38. The molecule has 1 atom stereocenters. The highest BCUT2D eigenvalue weighted by atomic mass is 79.9. The van der Waals surface area contributed by atoms with Gasteiger partial charge in [0, 0.05) is 53.6 Å². The van der Waals surface area contributed by atoms with Crippen molar-refractivity contribution in [1.29, 1.82) is 0 Å². The Morgan fingerprint density at radius 2 is 1.66 bits per heavy atom. The van der Waals surface area contributed by atoms with Gasteiger partial charge in [-0.05, 0) is 74.7 Å². The van der Waals surface area contributed by atoms with Gasteiger partial charge < -0.3 is 9.47 Å². The molecule has 4 nitrogen and oxygen atoms in total. The largest absolute Gasteiger partial charge is 0.313 e. The third kappa shape index (κ3) is 9.12. The zero-order valence-corrected chi connectivity index (χ0v) is 27.8. The molecule has 0 unspecified atom stereocenters. The van der Waals surface area contributed by atoms with Crippen LogP contribution in [0.4, 0.5) is 0 Å². The summed E-state index contributed by atoms with van der Waals surface area (Å²) in [6.45, 7) is 12.5. The molecule has 0 saturated carbocycles. The fourth-order valence-corrected chi connectivity index (χ4v) is 6.09. The van der Waals surface area contributed by atoms with Crippen molar-refractivity contribution in [2.45, 2.75) is 39.3 Å². The van der Waals surface area contributed by atoms with E-state index in [2.05, 4.69) is 117 Å². The van der Waals surface area contributed by atoms with Crippen LogP contribution in [-0.4, -0.2) is 53.4 Å². The molecule has 0 spiro atoms. The quantitative estimate of drug-likeness (QED) is 0.0975. The lowest BCUT2D eigenvalue weighted by Crippen LogP contribution is -2.51. The van der Waals surface area contributed by atoms with Crippen LogP contribution in [0.25, 0.3) is 11.3 Å². The average molecular weight is 651 g/mol.